The molecule has 0 unspecified atom stereocenters. The van der Waals surface area contributed by atoms with Crippen LogP contribution in [0.25, 0.3) is 0 Å². The highest BCUT2D eigenvalue weighted by Gasteiger charge is 2.48. The quantitative estimate of drug-likeness (QED) is 0.807. The number of carboxylic acid groups (broad SMARTS) is 1. The van der Waals surface area contributed by atoms with E-state index in [-0.39, 0.29) is 11.8 Å². The largest absolute Gasteiger partial charge is 0.481 e. The van der Waals surface area contributed by atoms with Gasteiger partial charge in [0.25, 0.3) is 0 Å². The molecule has 0 saturated heterocycles. The minimum atomic E-state index is -0.885. The Morgan fingerprint density at radius 2 is 1.89 bits per heavy atom. The van der Waals surface area contributed by atoms with Gasteiger partial charge in [0, 0.05) is 13.7 Å². The van der Waals surface area contributed by atoms with Crippen molar-refractivity contribution in [1.82, 2.24) is 5.32 Å². The van der Waals surface area contributed by atoms with Crippen LogP contribution in [0.4, 0.5) is 0 Å². The Hall–Kier alpha value is -1.88. The number of nitrogens with one attached hydrogen (secondary N) is 1. The lowest BCUT2D eigenvalue weighted by molar-refractivity contribution is -0.140. The van der Waals surface area contributed by atoms with Crippen molar-refractivity contribution in [2.75, 3.05) is 7.11 Å². The fraction of sp³-hybridized carbons (Fsp3) is 0.429. The van der Waals surface area contributed by atoms with E-state index in [0.717, 1.165) is 11.1 Å². The summed E-state index contributed by atoms with van der Waals surface area (Å²) in [5.74, 6) is -1.91. The van der Waals surface area contributed by atoms with Gasteiger partial charge in [-0.1, -0.05) is 24.3 Å². The van der Waals surface area contributed by atoms with E-state index in [2.05, 4.69) is 5.32 Å². The number of rotatable bonds is 6. The maximum absolute atomic E-state index is 11.7. The average molecular weight is 263 g/mol. The van der Waals surface area contributed by atoms with E-state index in [0.29, 0.717) is 19.6 Å². The zero-order valence-electron chi connectivity index (χ0n) is 10.8. The number of carboxylic acids is 1. The first-order valence-electron chi connectivity index (χ1n) is 6.19. The van der Waals surface area contributed by atoms with Gasteiger partial charge in [0.2, 0.25) is 5.91 Å². The summed E-state index contributed by atoms with van der Waals surface area (Å²) >= 11 is 0. The van der Waals surface area contributed by atoms with Crippen molar-refractivity contribution in [2.45, 2.75) is 19.6 Å². The summed E-state index contributed by atoms with van der Waals surface area (Å²) in [7, 11) is 1.64. The molecule has 0 aromatic heterocycles. The Balaban J connectivity index is 1.79. The van der Waals surface area contributed by atoms with Crippen LogP contribution in [0.2, 0.25) is 0 Å². The Labute approximate surface area is 111 Å². The zero-order valence-corrected chi connectivity index (χ0v) is 10.8. The van der Waals surface area contributed by atoms with Crippen molar-refractivity contribution < 1.29 is 19.4 Å². The lowest BCUT2D eigenvalue weighted by atomic mass is 10.1. The Kier molecular flexibility index (Phi) is 4.16. The molecule has 1 amide bonds. The maximum atomic E-state index is 11.7. The predicted molar refractivity (Wildman–Crippen MR) is 68.2 cm³/mol. The average Bonchev–Trinajstić information content (AvgIpc) is 3.18. The molecule has 5 heteroatoms. The standard InChI is InChI=1S/C14H17NO4/c1-19-8-10-4-2-9(3-5-10)7-15-13(16)11-6-12(11)14(17)18/h2-5,11-12H,6-8H2,1H3,(H,15,16)(H,17,18)/t11-,12+/m0/s1. The van der Waals surface area contributed by atoms with Crippen LogP contribution in [-0.4, -0.2) is 24.1 Å². The van der Waals surface area contributed by atoms with Gasteiger partial charge < -0.3 is 15.2 Å². The molecule has 2 atom stereocenters. The molecule has 1 aromatic carbocycles. The van der Waals surface area contributed by atoms with Gasteiger partial charge in [-0.05, 0) is 17.5 Å². The molecule has 0 radical (unpaired) electrons. The van der Waals surface area contributed by atoms with Crippen LogP contribution in [0, 0.1) is 11.8 Å². The van der Waals surface area contributed by atoms with E-state index in [1.165, 1.54) is 0 Å². The Morgan fingerprint density at radius 1 is 1.26 bits per heavy atom. The SMILES string of the molecule is COCc1ccc(CNC(=O)[C@H]2C[C@H]2C(=O)O)cc1. The minimum Gasteiger partial charge on any atom is -0.481 e. The summed E-state index contributed by atoms with van der Waals surface area (Å²) in [5.41, 5.74) is 2.06. The van der Waals surface area contributed by atoms with Gasteiger partial charge in [0.05, 0.1) is 18.4 Å². The molecule has 2 rings (SSSR count). The summed E-state index contributed by atoms with van der Waals surface area (Å²) in [6.45, 7) is 0.990. The van der Waals surface area contributed by atoms with E-state index in [9.17, 15) is 9.59 Å². The smallest absolute Gasteiger partial charge is 0.307 e. The molecule has 2 N–H and O–H groups in total. The van der Waals surface area contributed by atoms with E-state index in [1.54, 1.807) is 7.11 Å². The number of hydrogen-bond acceptors (Lipinski definition) is 3. The third kappa shape index (κ3) is 3.54. The van der Waals surface area contributed by atoms with Crippen LogP contribution in [0.1, 0.15) is 17.5 Å². The second kappa shape index (κ2) is 5.84. The van der Waals surface area contributed by atoms with Gasteiger partial charge >= 0.3 is 5.97 Å². The number of carbonyl (C=O) groups excluding carboxylic acids is 1. The molecule has 1 saturated carbocycles. The second-order valence-electron chi connectivity index (χ2n) is 4.75. The molecule has 102 valence electrons. The second-order valence-corrected chi connectivity index (χ2v) is 4.75. The Morgan fingerprint density at radius 3 is 2.42 bits per heavy atom. The van der Waals surface area contributed by atoms with Crippen LogP contribution in [-0.2, 0) is 27.5 Å². The monoisotopic (exact) mass is 263 g/mol. The van der Waals surface area contributed by atoms with Gasteiger partial charge in [-0.25, -0.2) is 0 Å². The molecule has 5 nitrogen and oxygen atoms in total. The van der Waals surface area contributed by atoms with E-state index in [1.807, 2.05) is 24.3 Å². The number of methoxy groups -OCH3 is 1. The number of carbonyl (C=O) groups is 2. The zero-order chi connectivity index (χ0) is 13.8. The minimum absolute atomic E-state index is 0.173. The third-order valence-electron chi connectivity index (χ3n) is 3.25. The van der Waals surface area contributed by atoms with E-state index >= 15 is 0 Å². The molecule has 0 aliphatic heterocycles. The highest BCUT2D eigenvalue weighted by Crippen LogP contribution is 2.38. The molecular formula is C14H17NO4. The first kappa shape index (κ1) is 13.5. The van der Waals surface area contributed by atoms with E-state index < -0.39 is 11.9 Å². The molecule has 1 aliphatic rings. The number of benzene rings is 1. The maximum Gasteiger partial charge on any atom is 0.307 e. The third-order valence-corrected chi connectivity index (χ3v) is 3.25. The Bertz CT molecular complexity index is 469. The summed E-state index contributed by atoms with van der Waals surface area (Å²) < 4.78 is 5.01. The van der Waals surface area contributed by atoms with Crippen LogP contribution in [0.5, 0.6) is 0 Å². The topological polar surface area (TPSA) is 75.6 Å². The molecule has 1 aromatic rings. The van der Waals surface area contributed by atoms with Crippen molar-refractivity contribution in [3.63, 3.8) is 0 Å². The lowest BCUT2D eigenvalue weighted by Gasteiger charge is -2.06. The van der Waals surface area contributed by atoms with Crippen LogP contribution in [0.3, 0.4) is 0 Å². The van der Waals surface area contributed by atoms with Crippen molar-refractivity contribution in [1.29, 1.82) is 0 Å². The summed E-state index contributed by atoms with van der Waals surface area (Å²) in [4.78, 5) is 22.3. The normalized spacial score (nSPS) is 20.9. The van der Waals surface area contributed by atoms with Gasteiger partial charge in [-0.3, -0.25) is 9.59 Å². The first-order valence-corrected chi connectivity index (χ1v) is 6.19. The van der Waals surface area contributed by atoms with Crippen molar-refractivity contribution in [2.24, 2.45) is 11.8 Å². The molecule has 0 spiro atoms. The van der Waals surface area contributed by atoms with Gasteiger partial charge in [0.1, 0.15) is 0 Å². The highest BCUT2D eigenvalue weighted by molar-refractivity contribution is 5.89. The van der Waals surface area contributed by atoms with Crippen LogP contribution >= 0.6 is 0 Å². The lowest BCUT2D eigenvalue weighted by Crippen LogP contribution is -2.25. The fourth-order valence-corrected chi connectivity index (χ4v) is 2.00. The molecule has 1 fully saturated rings. The molecule has 0 heterocycles. The summed E-state index contributed by atoms with van der Waals surface area (Å²) in [6.07, 6.45) is 0.452. The summed E-state index contributed by atoms with van der Waals surface area (Å²) in [6, 6.07) is 7.75. The van der Waals surface area contributed by atoms with Gasteiger partial charge in [0.15, 0.2) is 0 Å². The molecule has 1 aliphatic carbocycles. The molecule has 0 bridgehead atoms. The van der Waals surface area contributed by atoms with Crippen LogP contribution < -0.4 is 5.32 Å². The van der Waals surface area contributed by atoms with Crippen molar-refractivity contribution in [3.8, 4) is 0 Å². The van der Waals surface area contributed by atoms with Crippen LogP contribution in [0.15, 0.2) is 24.3 Å². The van der Waals surface area contributed by atoms with Gasteiger partial charge in [-0.2, -0.15) is 0 Å². The molecule has 19 heavy (non-hydrogen) atoms. The van der Waals surface area contributed by atoms with E-state index in [4.69, 9.17) is 9.84 Å². The summed E-state index contributed by atoms with van der Waals surface area (Å²) in [5, 5.41) is 11.5. The number of amides is 1. The van der Waals surface area contributed by atoms with Crippen molar-refractivity contribution >= 4 is 11.9 Å². The predicted octanol–water partition coefficient (Wildman–Crippen LogP) is 1.17. The fourth-order valence-electron chi connectivity index (χ4n) is 2.00. The first-order chi connectivity index (χ1) is 9.11. The van der Waals surface area contributed by atoms with Gasteiger partial charge in [-0.15, -0.1) is 0 Å². The molecular weight excluding hydrogens is 246 g/mol. The van der Waals surface area contributed by atoms with Crippen molar-refractivity contribution in [3.05, 3.63) is 35.4 Å². The number of ether oxygens (including phenoxy) is 1. The number of aliphatic carboxylic acids is 1. The number of hydrogen-bond donors (Lipinski definition) is 2. The highest BCUT2D eigenvalue weighted by atomic mass is 16.5.